The van der Waals surface area contributed by atoms with Gasteiger partial charge in [0.1, 0.15) is 0 Å². The predicted octanol–water partition coefficient (Wildman–Crippen LogP) is 1.37. The lowest BCUT2D eigenvalue weighted by molar-refractivity contribution is -0.136. The Morgan fingerprint density at radius 1 is 1.39 bits per heavy atom. The Kier molecular flexibility index (Phi) is 3.72. The first-order chi connectivity index (χ1) is 8.65. The fraction of sp³-hybridized carbons (Fsp3) is 0.462. The van der Waals surface area contributed by atoms with E-state index in [9.17, 15) is 4.79 Å². The van der Waals surface area contributed by atoms with Crippen LogP contribution < -0.4 is 14.8 Å². The molecule has 1 aliphatic rings. The minimum atomic E-state index is -0.844. The molecule has 5 nitrogen and oxygen atoms in total. The average molecular weight is 251 g/mol. The molecule has 0 amide bonds. The molecule has 1 unspecified atom stereocenters. The summed E-state index contributed by atoms with van der Waals surface area (Å²) in [5.41, 5.74) is 2.30. The Hall–Kier alpha value is -1.75. The van der Waals surface area contributed by atoms with Crippen LogP contribution in [0.3, 0.4) is 0 Å². The Morgan fingerprint density at radius 3 is 2.67 bits per heavy atom. The average Bonchev–Trinajstić information content (AvgIpc) is 2.76. The van der Waals surface area contributed by atoms with Crippen LogP contribution in [-0.4, -0.2) is 31.8 Å². The number of hydrogen-bond donors (Lipinski definition) is 2. The van der Waals surface area contributed by atoms with Gasteiger partial charge in [0.05, 0.1) is 20.8 Å². The minimum absolute atomic E-state index is 0.0293. The van der Waals surface area contributed by atoms with Gasteiger partial charge in [0.15, 0.2) is 11.5 Å². The summed E-state index contributed by atoms with van der Waals surface area (Å²) >= 11 is 0. The van der Waals surface area contributed by atoms with E-state index >= 15 is 0 Å². The fourth-order valence-corrected chi connectivity index (χ4v) is 2.36. The SMILES string of the molecule is COc1cc2c(cc1OC)C(NCC(=O)O)CC2. The standard InChI is InChI=1S/C13H17NO4/c1-17-11-5-8-3-4-10(14-7-13(15)16)9(8)6-12(11)18-2/h5-6,10,14H,3-4,7H2,1-2H3,(H,15,16). The number of aliphatic carboxylic acids is 1. The van der Waals surface area contributed by atoms with E-state index in [4.69, 9.17) is 14.6 Å². The molecule has 0 saturated heterocycles. The second-order valence-corrected chi connectivity index (χ2v) is 4.27. The van der Waals surface area contributed by atoms with E-state index in [-0.39, 0.29) is 12.6 Å². The summed E-state index contributed by atoms with van der Waals surface area (Å²) in [5, 5.41) is 11.7. The summed E-state index contributed by atoms with van der Waals surface area (Å²) < 4.78 is 10.5. The molecule has 98 valence electrons. The molecule has 2 N–H and O–H groups in total. The maximum Gasteiger partial charge on any atom is 0.317 e. The van der Waals surface area contributed by atoms with Crippen molar-refractivity contribution in [2.45, 2.75) is 18.9 Å². The summed E-state index contributed by atoms with van der Waals surface area (Å²) in [4.78, 5) is 10.6. The molecular formula is C13H17NO4. The number of benzene rings is 1. The number of methoxy groups -OCH3 is 2. The van der Waals surface area contributed by atoms with Crippen LogP contribution >= 0.6 is 0 Å². The smallest absolute Gasteiger partial charge is 0.317 e. The molecule has 0 aromatic heterocycles. The first kappa shape index (κ1) is 12.7. The topological polar surface area (TPSA) is 67.8 Å². The van der Waals surface area contributed by atoms with Crippen LogP contribution in [0.25, 0.3) is 0 Å². The molecule has 18 heavy (non-hydrogen) atoms. The highest BCUT2D eigenvalue weighted by Crippen LogP contribution is 2.39. The number of carboxylic acid groups (broad SMARTS) is 1. The van der Waals surface area contributed by atoms with Crippen LogP contribution in [0, 0.1) is 0 Å². The number of fused-ring (bicyclic) bond motifs is 1. The molecule has 0 fully saturated rings. The van der Waals surface area contributed by atoms with Crippen LogP contribution in [0.4, 0.5) is 0 Å². The summed E-state index contributed by atoms with van der Waals surface area (Å²) in [6.07, 6.45) is 1.83. The van der Waals surface area contributed by atoms with Crippen LogP contribution in [0.1, 0.15) is 23.6 Å². The third kappa shape index (κ3) is 2.41. The Morgan fingerprint density at radius 2 is 2.06 bits per heavy atom. The van der Waals surface area contributed by atoms with Crippen molar-refractivity contribution in [2.75, 3.05) is 20.8 Å². The monoisotopic (exact) mass is 251 g/mol. The van der Waals surface area contributed by atoms with Crippen molar-refractivity contribution in [1.82, 2.24) is 5.32 Å². The molecule has 0 bridgehead atoms. The molecule has 0 heterocycles. The zero-order chi connectivity index (χ0) is 13.1. The normalized spacial score (nSPS) is 17.3. The van der Waals surface area contributed by atoms with Gasteiger partial charge in [-0.1, -0.05) is 0 Å². The summed E-state index contributed by atoms with van der Waals surface area (Å²) in [7, 11) is 3.21. The summed E-state index contributed by atoms with van der Waals surface area (Å²) in [5.74, 6) is 0.555. The van der Waals surface area contributed by atoms with E-state index in [1.165, 1.54) is 5.56 Å². The quantitative estimate of drug-likeness (QED) is 0.827. The molecular weight excluding hydrogens is 234 g/mol. The van der Waals surface area contributed by atoms with Crippen molar-refractivity contribution < 1.29 is 19.4 Å². The Bertz CT molecular complexity index is 459. The first-order valence-corrected chi connectivity index (χ1v) is 5.85. The van der Waals surface area contributed by atoms with Gasteiger partial charge < -0.3 is 19.9 Å². The second kappa shape index (κ2) is 5.27. The Labute approximate surface area is 106 Å². The minimum Gasteiger partial charge on any atom is -0.493 e. The van der Waals surface area contributed by atoms with Gasteiger partial charge in [0.25, 0.3) is 0 Å². The highest BCUT2D eigenvalue weighted by atomic mass is 16.5. The van der Waals surface area contributed by atoms with Crippen molar-refractivity contribution in [1.29, 1.82) is 0 Å². The molecule has 0 radical (unpaired) electrons. The molecule has 1 atom stereocenters. The van der Waals surface area contributed by atoms with Gasteiger partial charge in [0, 0.05) is 6.04 Å². The third-order valence-electron chi connectivity index (χ3n) is 3.22. The van der Waals surface area contributed by atoms with Gasteiger partial charge in [-0.2, -0.15) is 0 Å². The zero-order valence-electron chi connectivity index (χ0n) is 10.5. The maximum absolute atomic E-state index is 10.6. The number of nitrogens with one attached hydrogen (secondary N) is 1. The Balaban J connectivity index is 2.23. The lowest BCUT2D eigenvalue weighted by Crippen LogP contribution is -2.26. The van der Waals surface area contributed by atoms with Crippen LogP contribution in [0.2, 0.25) is 0 Å². The molecule has 1 aromatic rings. The van der Waals surface area contributed by atoms with Crippen molar-refractivity contribution >= 4 is 5.97 Å². The largest absolute Gasteiger partial charge is 0.493 e. The first-order valence-electron chi connectivity index (χ1n) is 5.85. The van der Waals surface area contributed by atoms with Crippen LogP contribution in [0.5, 0.6) is 11.5 Å². The fourth-order valence-electron chi connectivity index (χ4n) is 2.36. The number of carboxylic acids is 1. The van der Waals surface area contributed by atoms with Crippen molar-refractivity contribution in [2.24, 2.45) is 0 Å². The van der Waals surface area contributed by atoms with Gasteiger partial charge in [-0.3, -0.25) is 4.79 Å². The van der Waals surface area contributed by atoms with Gasteiger partial charge in [0.2, 0.25) is 0 Å². The summed E-state index contributed by atoms with van der Waals surface area (Å²) in [6.45, 7) is -0.0293. The van der Waals surface area contributed by atoms with Gasteiger partial charge in [-0.25, -0.2) is 0 Å². The number of carbonyl (C=O) groups is 1. The molecule has 5 heteroatoms. The number of hydrogen-bond acceptors (Lipinski definition) is 4. The highest BCUT2D eigenvalue weighted by molar-refractivity contribution is 5.69. The summed E-state index contributed by atoms with van der Waals surface area (Å²) in [6, 6.07) is 3.98. The molecule has 0 saturated carbocycles. The van der Waals surface area contributed by atoms with Crippen molar-refractivity contribution in [3.63, 3.8) is 0 Å². The molecule has 1 aliphatic carbocycles. The van der Waals surface area contributed by atoms with E-state index in [1.807, 2.05) is 12.1 Å². The van der Waals surface area contributed by atoms with E-state index in [1.54, 1.807) is 14.2 Å². The van der Waals surface area contributed by atoms with Gasteiger partial charge >= 0.3 is 5.97 Å². The van der Waals surface area contributed by atoms with Crippen molar-refractivity contribution in [3.05, 3.63) is 23.3 Å². The molecule has 0 spiro atoms. The molecule has 0 aliphatic heterocycles. The maximum atomic E-state index is 10.6. The number of ether oxygens (including phenoxy) is 2. The van der Waals surface area contributed by atoms with E-state index in [0.717, 1.165) is 24.2 Å². The van der Waals surface area contributed by atoms with Crippen LogP contribution in [0.15, 0.2) is 12.1 Å². The van der Waals surface area contributed by atoms with E-state index < -0.39 is 5.97 Å². The third-order valence-corrected chi connectivity index (χ3v) is 3.22. The van der Waals surface area contributed by atoms with Gasteiger partial charge in [-0.15, -0.1) is 0 Å². The van der Waals surface area contributed by atoms with E-state index in [0.29, 0.717) is 5.75 Å². The number of aryl methyl sites for hydroxylation is 1. The van der Waals surface area contributed by atoms with E-state index in [2.05, 4.69) is 5.32 Å². The lowest BCUT2D eigenvalue weighted by Gasteiger charge is -2.15. The molecule has 2 rings (SSSR count). The number of rotatable bonds is 5. The second-order valence-electron chi connectivity index (χ2n) is 4.27. The zero-order valence-corrected chi connectivity index (χ0v) is 10.5. The predicted molar refractivity (Wildman–Crippen MR) is 66.2 cm³/mol. The lowest BCUT2D eigenvalue weighted by atomic mass is 10.1. The molecule has 1 aromatic carbocycles. The van der Waals surface area contributed by atoms with Crippen LogP contribution in [-0.2, 0) is 11.2 Å². The van der Waals surface area contributed by atoms with Gasteiger partial charge in [-0.05, 0) is 36.1 Å². The van der Waals surface area contributed by atoms with Crippen molar-refractivity contribution in [3.8, 4) is 11.5 Å². The highest BCUT2D eigenvalue weighted by Gasteiger charge is 2.25.